The van der Waals surface area contributed by atoms with Crippen LogP contribution in [0, 0.1) is 13.8 Å². The summed E-state index contributed by atoms with van der Waals surface area (Å²) in [5.74, 6) is -0.644. The van der Waals surface area contributed by atoms with Crippen molar-refractivity contribution in [1.82, 2.24) is 5.32 Å². The first-order chi connectivity index (χ1) is 12.4. The lowest BCUT2D eigenvalue weighted by Crippen LogP contribution is -2.39. The van der Waals surface area contributed by atoms with Crippen LogP contribution in [0.1, 0.15) is 43.2 Å². The normalized spacial score (nSPS) is 14.0. The van der Waals surface area contributed by atoms with E-state index in [4.69, 9.17) is 0 Å². The molecular formula is C19H25N3O4. The number of unbranched alkanes of at least 4 members (excludes halogenated alkanes) is 1. The van der Waals surface area contributed by atoms with E-state index in [1.165, 1.54) is 12.1 Å². The summed E-state index contributed by atoms with van der Waals surface area (Å²) in [6.07, 6.45) is 2.23. The van der Waals surface area contributed by atoms with Gasteiger partial charge >= 0.3 is 5.97 Å². The molecule has 140 valence electrons. The summed E-state index contributed by atoms with van der Waals surface area (Å²) in [5, 5.41) is 8.42. The van der Waals surface area contributed by atoms with Crippen LogP contribution in [0.4, 0.5) is 5.69 Å². The van der Waals surface area contributed by atoms with Gasteiger partial charge in [-0.25, -0.2) is 5.01 Å². The molecule has 0 unspecified atom stereocenters. The molecule has 0 atom stereocenters. The van der Waals surface area contributed by atoms with Crippen LogP contribution in [0.15, 0.2) is 23.3 Å². The quantitative estimate of drug-likeness (QED) is 0.597. The number of nitrogens with one attached hydrogen (secondary N) is 1. The molecule has 0 fully saturated rings. The standard InChI is InChI=1S/C19H25N3O4/c1-13-7-8-14(2)16(12-13)22-17(23)10-9-15(21-22)19(25)20-11-5-4-6-18(24)26-3/h7-8,12H,4-6,9-11H2,1-3H3,(H,20,25). The average Bonchev–Trinajstić information content (AvgIpc) is 2.63. The second-order valence-corrected chi connectivity index (χ2v) is 6.33. The number of carbonyl (C=O) groups is 3. The monoisotopic (exact) mass is 359 g/mol. The minimum atomic E-state index is -0.272. The Morgan fingerprint density at radius 1 is 1.23 bits per heavy atom. The fourth-order valence-corrected chi connectivity index (χ4v) is 2.65. The molecule has 0 radical (unpaired) electrons. The van der Waals surface area contributed by atoms with Crippen molar-refractivity contribution in [3.8, 4) is 0 Å². The van der Waals surface area contributed by atoms with Crippen LogP contribution in [-0.2, 0) is 19.1 Å². The SMILES string of the molecule is COC(=O)CCCCNC(=O)C1=NN(c2cc(C)ccc2C)C(=O)CC1. The van der Waals surface area contributed by atoms with Crippen molar-refractivity contribution in [2.45, 2.75) is 46.0 Å². The van der Waals surface area contributed by atoms with Crippen LogP contribution in [0.2, 0.25) is 0 Å². The van der Waals surface area contributed by atoms with Crippen LogP contribution >= 0.6 is 0 Å². The highest BCUT2D eigenvalue weighted by molar-refractivity contribution is 6.40. The third kappa shape index (κ3) is 5.15. The molecule has 1 aliphatic heterocycles. The van der Waals surface area contributed by atoms with E-state index in [1.807, 2.05) is 32.0 Å². The Kier molecular flexibility index (Phi) is 6.89. The number of hydrazone groups is 1. The van der Waals surface area contributed by atoms with E-state index < -0.39 is 0 Å². The lowest BCUT2D eigenvalue weighted by Gasteiger charge is -2.24. The van der Waals surface area contributed by atoms with E-state index in [9.17, 15) is 14.4 Å². The van der Waals surface area contributed by atoms with Gasteiger partial charge in [0.15, 0.2) is 0 Å². The van der Waals surface area contributed by atoms with Crippen molar-refractivity contribution >= 4 is 29.2 Å². The molecule has 0 aliphatic carbocycles. The number of hydrogen-bond acceptors (Lipinski definition) is 5. The molecule has 0 saturated heterocycles. The Morgan fingerprint density at radius 3 is 2.73 bits per heavy atom. The maximum absolute atomic E-state index is 12.3. The molecule has 1 N–H and O–H groups in total. The van der Waals surface area contributed by atoms with Crippen molar-refractivity contribution in [2.24, 2.45) is 5.10 Å². The van der Waals surface area contributed by atoms with Crippen LogP contribution < -0.4 is 10.3 Å². The highest BCUT2D eigenvalue weighted by atomic mass is 16.5. The molecule has 0 aromatic heterocycles. The Balaban J connectivity index is 1.98. The van der Waals surface area contributed by atoms with E-state index in [-0.39, 0.29) is 24.2 Å². The van der Waals surface area contributed by atoms with Gasteiger partial charge in [-0.3, -0.25) is 14.4 Å². The lowest BCUT2D eigenvalue weighted by atomic mass is 10.1. The number of amides is 2. The van der Waals surface area contributed by atoms with Gasteiger partial charge in [-0.2, -0.15) is 5.10 Å². The Labute approximate surface area is 153 Å². The molecule has 1 aromatic rings. The van der Waals surface area contributed by atoms with Gasteiger partial charge in [0, 0.05) is 25.8 Å². The average molecular weight is 359 g/mol. The number of nitrogens with zero attached hydrogens (tertiary/aromatic N) is 2. The van der Waals surface area contributed by atoms with Gasteiger partial charge in [-0.1, -0.05) is 12.1 Å². The molecule has 1 aliphatic rings. The number of hydrogen-bond donors (Lipinski definition) is 1. The van der Waals surface area contributed by atoms with Gasteiger partial charge in [0.25, 0.3) is 5.91 Å². The minimum absolute atomic E-state index is 0.117. The fourth-order valence-electron chi connectivity index (χ4n) is 2.65. The third-order valence-electron chi connectivity index (χ3n) is 4.21. The minimum Gasteiger partial charge on any atom is -0.469 e. The summed E-state index contributed by atoms with van der Waals surface area (Å²) in [6.45, 7) is 4.31. The van der Waals surface area contributed by atoms with Crippen molar-refractivity contribution in [1.29, 1.82) is 0 Å². The molecule has 2 amide bonds. The van der Waals surface area contributed by atoms with Crippen LogP contribution in [-0.4, -0.2) is 37.1 Å². The summed E-state index contributed by atoms with van der Waals surface area (Å²) in [4.78, 5) is 35.6. The lowest BCUT2D eigenvalue weighted by molar-refractivity contribution is -0.140. The summed E-state index contributed by atoms with van der Waals surface area (Å²) >= 11 is 0. The molecule has 7 nitrogen and oxygen atoms in total. The first-order valence-corrected chi connectivity index (χ1v) is 8.75. The van der Waals surface area contributed by atoms with Crippen molar-refractivity contribution < 1.29 is 19.1 Å². The van der Waals surface area contributed by atoms with E-state index >= 15 is 0 Å². The zero-order chi connectivity index (χ0) is 19.1. The first kappa shape index (κ1) is 19.6. The highest BCUT2D eigenvalue weighted by Crippen LogP contribution is 2.25. The summed E-state index contributed by atoms with van der Waals surface area (Å²) in [7, 11) is 1.36. The Bertz CT molecular complexity index is 727. The number of methoxy groups -OCH3 is 1. The number of carbonyl (C=O) groups excluding carboxylic acids is 3. The van der Waals surface area contributed by atoms with Gasteiger partial charge in [0.2, 0.25) is 5.91 Å². The molecule has 0 bridgehead atoms. The Hall–Kier alpha value is -2.70. The predicted octanol–water partition coefficient (Wildman–Crippen LogP) is 2.25. The fraction of sp³-hybridized carbons (Fsp3) is 0.474. The van der Waals surface area contributed by atoms with E-state index in [1.54, 1.807) is 0 Å². The smallest absolute Gasteiger partial charge is 0.305 e. The maximum Gasteiger partial charge on any atom is 0.305 e. The van der Waals surface area contributed by atoms with E-state index in [0.29, 0.717) is 43.6 Å². The molecule has 7 heteroatoms. The predicted molar refractivity (Wildman–Crippen MR) is 98.9 cm³/mol. The molecule has 1 aromatic carbocycles. The molecule has 2 rings (SSSR count). The number of rotatable bonds is 7. The summed E-state index contributed by atoms with van der Waals surface area (Å²) in [5.41, 5.74) is 3.00. The highest BCUT2D eigenvalue weighted by Gasteiger charge is 2.26. The number of aryl methyl sites for hydroxylation is 2. The molecule has 1 heterocycles. The van der Waals surface area contributed by atoms with Crippen molar-refractivity contribution in [3.63, 3.8) is 0 Å². The van der Waals surface area contributed by atoms with Gasteiger partial charge < -0.3 is 10.1 Å². The van der Waals surface area contributed by atoms with E-state index in [0.717, 1.165) is 11.1 Å². The number of benzene rings is 1. The largest absolute Gasteiger partial charge is 0.469 e. The number of ether oxygens (including phenoxy) is 1. The van der Waals surface area contributed by atoms with Crippen LogP contribution in [0.25, 0.3) is 0 Å². The number of anilines is 1. The summed E-state index contributed by atoms with van der Waals surface area (Å²) in [6, 6.07) is 5.80. The second kappa shape index (κ2) is 9.12. The third-order valence-corrected chi connectivity index (χ3v) is 4.21. The molecular weight excluding hydrogens is 334 g/mol. The van der Waals surface area contributed by atoms with Crippen molar-refractivity contribution in [2.75, 3.05) is 18.7 Å². The zero-order valence-corrected chi connectivity index (χ0v) is 15.5. The Morgan fingerprint density at radius 2 is 2.00 bits per heavy atom. The molecule has 26 heavy (non-hydrogen) atoms. The van der Waals surface area contributed by atoms with Gasteiger partial charge in [-0.15, -0.1) is 0 Å². The van der Waals surface area contributed by atoms with Crippen LogP contribution in [0.5, 0.6) is 0 Å². The first-order valence-electron chi connectivity index (χ1n) is 8.75. The van der Waals surface area contributed by atoms with Gasteiger partial charge in [0.05, 0.1) is 12.8 Å². The zero-order valence-electron chi connectivity index (χ0n) is 15.5. The molecule has 0 spiro atoms. The second-order valence-electron chi connectivity index (χ2n) is 6.33. The maximum atomic E-state index is 12.3. The van der Waals surface area contributed by atoms with Gasteiger partial charge in [0.1, 0.15) is 5.71 Å². The topological polar surface area (TPSA) is 88.1 Å². The van der Waals surface area contributed by atoms with Gasteiger partial charge in [-0.05, 0) is 43.9 Å². The summed E-state index contributed by atoms with van der Waals surface area (Å²) < 4.78 is 4.57. The molecule has 0 saturated carbocycles. The van der Waals surface area contributed by atoms with Crippen LogP contribution in [0.3, 0.4) is 0 Å². The number of esters is 1. The van der Waals surface area contributed by atoms with E-state index in [2.05, 4.69) is 15.2 Å². The van der Waals surface area contributed by atoms with Crippen molar-refractivity contribution in [3.05, 3.63) is 29.3 Å².